The largest absolute Gasteiger partial charge is 0.508 e. The van der Waals surface area contributed by atoms with Gasteiger partial charge in [0.2, 0.25) is 0 Å². The molecule has 128 valence electrons. The Morgan fingerprint density at radius 3 is 2.54 bits per heavy atom. The third kappa shape index (κ3) is 4.51. The Kier molecular flexibility index (Phi) is 5.89. The Bertz CT molecular complexity index is 730. The summed E-state index contributed by atoms with van der Waals surface area (Å²) < 4.78 is 6.11. The fraction of sp³-hybridized carbons (Fsp3) is 0.316. The Morgan fingerprint density at radius 1 is 1.25 bits per heavy atom. The van der Waals surface area contributed by atoms with E-state index in [1.165, 1.54) is 0 Å². The highest BCUT2D eigenvalue weighted by Gasteiger charge is 2.12. The van der Waals surface area contributed by atoms with Crippen molar-refractivity contribution in [3.05, 3.63) is 57.1 Å². The second kappa shape index (κ2) is 7.71. The van der Waals surface area contributed by atoms with Crippen molar-refractivity contribution in [1.82, 2.24) is 0 Å². The first-order valence-electron chi connectivity index (χ1n) is 7.73. The Balaban J connectivity index is 2.27. The van der Waals surface area contributed by atoms with Gasteiger partial charge in [-0.15, -0.1) is 0 Å². The minimum Gasteiger partial charge on any atom is -0.508 e. The van der Waals surface area contributed by atoms with Gasteiger partial charge in [0.05, 0.1) is 0 Å². The van der Waals surface area contributed by atoms with Gasteiger partial charge >= 0.3 is 5.97 Å². The standard InChI is InChI=1S/C19H21BrO4/c1-11(2)15-7-13(4-5-18(15)21)8-16-12(3)6-14(9-17(16)20)24-10-19(22)23/h4-7,9,11,21H,8,10H2,1-3H3,(H,22,23). The predicted octanol–water partition coefficient (Wildman–Crippen LogP) is 4.64. The molecule has 0 amide bonds. The minimum absolute atomic E-state index is 0.251. The van der Waals surface area contributed by atoms with Crippen molar-refractivity contribution < 1.29 is 19.7 Å². The number of aryl methyl sites for hydroxylation is 1. The number of phenolic OH excluding ortho intramolecular Hbond substituents is 1. The molecule has 2 aromatic carbocycles. The van der Waals surface area contributed by atoms with Crippen molar-refractivity contribution in [1.29, 1.82) is 0 Å². The summed E-state index contributed by atoms with van der Waals surface area (Å²) in [6.45, 7) is 5.71. The molecule has 0 aliphatic carbocycles. The van der Waals surface area contributed by atoms with Crippen LogP contribution in [-0.2, 0) is 11.2 Å². The van der Waals surface area contributed by atoms with Crippen molar-refractivity contribution in [2.45, 2.75) is 33.1 Å². The summed E-state index contributed by atoms with van der Waals surface area (Å²) in [5.74, 6) is 0.0977. The summed E-state index contributed by atoms with van der Waals surface area (Å²) in [4.78, 5) is 10.6. The van der Waals surface area contributed by atoms with Crippen molar-refractivity contribution in [3.8, 4) is 11.5 Å². The van der Waals surface area contributed by atoms with E-state index < -0.39 is 5.97 Å². The lowest BCUT2D eigenvalue weighted by Crippen LogP contribution is -2.09. The summed E-state index contributed by atoms with van der Waals surface area (Å²) >= 11 is 3.55. The van der Waals surface area contributed by atoms with Crippen LogP contribution >= 0.6 is 15.9 Å². The average molecular weight is 393 g/mol. The minimum atomic E-state index is -1.00. The molecular weight excluding hydrogens is 372 g/mol. The van der Waals surface area contributed by atoms with Crippen molar-refractivity contribution in [2.75, 3.05) is 6.61 Å². The molecule has 2 rings (SSSR count). The molecule has 0 radical (unpaired) electrons. The maximum atomic E-state index is 10.6. The molecule has 0 saturated carbocycles. The SMILES string of the molecule is Cc1cc(OCC(=O)O)cc(Br)c1Cc1ccc(O)c(C(C)C)c1. The lowest BCUT2D eigenvalue weighted by Gasteiger charge is -2.14. The van der Waals surface area contributed by atoms with Gasteiger partial charge in [-0.1, -0.05) is 41.9 Å². The first kappa shape index (κ1) is 18.3. The van der Waals surface area contributed by atoms with E-state index in [1.54, 1.807) is 12.1 Å². The number of carbonyl (C=O) groups is 1. The first-order chi connectivity index (χ1) is 11.3. The van der Waals surface area contributed by atoms with Gasteiger partial charge in [-0.2, -0.15) is 0 Å². The maximum absolute atomic E-state index is 10.6. The fourth-order valence-electron chi connectivity index (χ4n) is 2.58. The molecule has 0 heterocycles. The van der Waals surface area contributed by atoms with Crippen molar-refractivity contribution >= 4 is 21.9 Å². The molecule has 0 bridgehead atoms. The van der Waals surface area contributed by atoms with Gasteiger partial charge in [-0.3, -0.25) is 0 Å². The molecule has 2 N–H and O–H groups in total. The highest BCUT2D eigenvalue weighted by atomic mass is 79.9. The van der Waals surface area contributed by atoms with E-state index in [1.807, 2.05) is 25.1 Å². The molecule has 4 nitrogen and oxygen atoms in total. The van der Waals surface area contributed by atoms with Crippen LogP contribution in [0.5, 0.6) is 11.5 Å². The van der Waals surface area contributed by atoms with Crippen LogP contribution in [0.2, 0.25) is 0 Å². The van der Waals surface area contributed by atoms with Gasteiger partial charge in [-0.25, -0.2) is 4.79 Å². The number of carboxylic acid groups (broad SMARTS) is 1. The van der Waals surface area contributed by atoms with E-state index in [4.69, 9.17) is 9.84 Å². The number of ether oxygens (including phenoxy) is 1. The van der Waals surface area contributed by atoms with Crippen LogP contribution in [-0.4, -0.2) is 22.8 Å². The number of aliphatic carboxylic acids is 1. The Morgan fingerprint density at radius 2 is 1.96 bits per heavy atom. The molecule has 2 aromatic rings. The van der Waals surface area contributed by atoms with E-state index in [9.17, 15) is 9.90 Å². The van der Waals surface area contributed by atoms with E-state index in [-0.39, 0.29) is 12.5 Å². The Labute approximate surface area is 150 Å². The van der Waals surface area contributed by atoms with E-state index in [0.717, 1.165) is 26.7 Å². The molecule has 0 aliphatic heterocycles. The van der Waals surface area contributed by atoms with Crippen molar-refractivity contribution in [3.63, 3.8) is 0 Å². The molecule has 0 fully saturated rings. The summed E-state index contributed by atoms with van der Waals surface area (Å²) in [5.41, 5.74) is 4.17. The monoisotopic (exact) mass is 392 g/mol. The number of rotatable bonds is 6. The zero-order valence-electron chi connectivity index (χ0n) is 14.0. The molecule has 0 aliphatic rings. The third-order valence-electron chi connectivity index (χ3n) is 3.85. The zero-order chi connectivity index (χ0) is 17.9. The van der Waals surface area contributed by atoms with Crippen LogP contribution in [0, 0.1) is 6.92 Å². The molecule has 24 heavy (non-hydrogen) atoms. The number of phenols is 1. The molecule has 0 aromatic heterocycles. The van der Waals surface area contributed by atoms with Crippen LogP contribution in [0.15, 0.2) is 34.8 Å². The number of hydrogen-bond acceptors (Lipinski definition) is 3. The topological polar surface area (TPSA) is 66.8 Å². The zero-order valence-corrected chi connectivity index (χ0v) is 15.6. The van der Waals surface area contributed by atoms with Crippen LogP contribution in [0.25, 0.3) is 0 Å². The molecule has 5 heteroatoms. The number of aromatic hydroxyl groups is 1. The molecule has 0 spiro atoms. The van der Waals surface area contributed by atoms with Gasteiger partial charge in [0.25, 0.3) is 0 Å². The summed E-state index contributed by atoms with van der Waals surface area (Å²) in [6, 6.07) is 9.31. The normalized spacial score (nSPS) is 10.9. The number of halogens is 1. The molecule has 0 unspecified atom stereocenters. The highest BCUT2D eigenvalue weighted by Crippen LogP contribution is 2.31. The van der Waals surface area contributed by atoms with Crippen LogP contribution in [0.1, 0.15) is 42.0 Å². The van der Waals surface area contributed by atoms with Crippen molar-refractivity contribution in [2.24, 2.45) is 0 Å². The van der Waals surface area contributed by atoms with Crippen LogP contribution in [0.4, 0.5) is 0 Å². The van der Waals surface area contributed by atoms with E-state index in [0.29, 0.717) is 17.9 Å². The number of hydrogen-bond donors (Lipinski definition) is 2. The first-order valence-corrected chi connectivity index (χ1v) is 8.52. The number of benzene rings is 2. The van der Waals surface area contributed by atoms with E-state index in [2.05, 4.69) is 29.8 Å². The van der Waals surface area contributed by atoms with Gasteiger partial charge in [0, 0.05) is 4.47 Å². The second-order valence-corrected chi connectivity index (χ2v) is 6.96. The Hall–Kier alpha value is -2.01. The molecule has 0 saturated heterocycles. The lowest BCUT2D eigenvalue weighted by atomic mass is 9.95. The summed E-state index contributed by atoms with van der Waals surface area (Å²) in [5, 5.41) is 18.6. The van der Waals surface area contributed by atoms with Crippen LogP contribution in [0.3, 0.4) is 0 Å². The average Bonchev–Trinajstić information content (AvgIpc) is 2.50. The lowest BCUT2D eigenvalue weighted by molar-refractivity contribution is -0.139. The summed E-state index contributed by atoms with van der Waals surface area (Å²) in [7, 11) is 0. The highest BCUT2D eigenvalue weighted by molar-refractivity contribution is 9.10. The quantitative estimate of drug-likeness (QED) is 0.751. The third-order valence-corrected chi connectivity index (χ3v) is 4.56. The van der Waals surface area contributed by atoms with Crippen LogP contribution < -0.4 is 4.74 Å². The van der Waals surface area contributed by atoms with E-state index >= 15 is 0 Å². The van der Waals surface area contributed by atoms with Gasteiger partial charge in [-0.05, 0) is 59.7 Å². The predicted molar refractivity (Wildman–Crippen MR) is 97.0 cm³/mol. The smallest absolute Gasteiger partial charge is 0.341 e. The molecule has 0 atom stereocenters. The van der Waals surface area contributed by atoms with Gasteiger partial charge in [0.1, 0.15) is 11.5 Å². The molecular formula is C19H21BrO4. The van der Waals surface area contributed by atoms with Gasteiger partial charge in [0.15, 0.2) is 6.61 Å². The second-order valence-electron chi connectivity index (χ2n) is 6.11. The summed E-state index contributed by atoms with van der Waals surface area (Å²) in [6.07, 6.45) is 0.714. The van der Waals surface area contributed by atoms with Gasteiger partial charge < -0.3 is 14.9 Å². The maximum Gasteiger partial charge on any atom is 0.341 e. The fourth-order valence-corrected chi connectivity index (χ4v) is 3.25. The number of carboxylic acids is 1.